The number of unbranched alkanes of at least 4 members (excludes halogenated alkanes) is 1. The molecule has 1 N–H and O–H groups in total. The Bertz CT molecular complexity index is 266. The highest BCUT2D eigenvalue weighted by molar-refractivity contribution is 5.32. The Morgan fingerprint density at radius 1 is 1.31 bits per heavy atom. The SMILES string of the molecule is CCCCc1cc(C)cc([CH]O)c1. The van der Waals surface area contributed by atoms with Gasteiger partial charge in [0.15, 0.2) is 0 Å². The lowest BCUT2D eigenvalue weighted by molar-refractivity contribution is 0.414. The molecule has 13 heavy (non-hydrogen) atoms. The summed E-state index contributed by atoms with van der Waals surface area (Å²) in [5.41, 5.74) is 3.45. The van der Waals surface area contributed by atoms with Gasteiger partial charge in [-0.05, 0) is 30.9 Å². The summed E-state index contributed by atoms with van der Waals surface area (Å²) in [5.74, 6) is 0. The number of aliphatic hydroxyl groups is 1. The fraction of sp³-hybridized carbons (Fsp3) is 0.417. The molecule has 1 aromatic rings. The lowest BCUT2D eigenvalue weighted by atomic mass is 10.0. The van der Waals surface area contributed by atoms with Gasteiger partial charge in [0.2, 0.25) is 0 Å². The minimum absolute atomic E-state index is 0.908. The van der Waals surface area contributed by atoms with E-state index in [4.69, 9.17) is 5.11 Å². The van der Waals surface area contributed by atoms with Crippen LogP contribution in [0.15, 0.2) is 18.2 Å². The number of aliphatic hydroxyl groups excluding tert-OH is 1. The third-order valence-electron chi connectivity index (χ3n) is 2.13. The molecule has 0 unspecified atom stereocenters. The van der Waals surface area contributed by atoms with Gasteiger partial charge in [0.1, 0.15) is 6.61 Å². The lowest BCUT2D eigenvalue weighted by Gasteiger charge is -2.04. The van der Waals surface area contributed by atoms with Crippen molar-refractivity contribution in [1.29, 1.82) is 0 Å². The van der Waals surface area contributed by atoms with Crippen LogP contribution in [0, 0.1) is 13.5 Å². The summed E-state index contributed by atoms with van der Waals surface area (Å²) < 4.78 is 0. The number of benzene rings is 1. The predicted octanol–water partition coefficient (Wildman–Crippen LogP) is 3.22. The van der Waals surface area contributed by atoms with Crippen molar-refractivity contribution < 1.29 is 5.11 Å². The van der Waals surface area contributed by atoms with Crippen LogP contribution in [0.2, 0.25) is 0 Å². The zero-order valence-electron chi connectivity index (χ0n) is 8.38. The van der Waals surface area contributed by atoms with Crippen LogP contribution >= 0.6 is 0 Å². The fourth-order valence-corrected chi connectivity index (χ4v) is 1.49. The first kappa shape index (κ1) is 10.3. The second kappa shape index (κ2) is 5.03. The molecule has 0 aromatic heterocycles. The lowest BCUT2D eigenvalue weighted by Crippen LogP contribution is -1.89. The molecule has 1 heteroatoms. The normalized spacial score (nSPS) is 10.4. The molecule has 1 rings (SSSR count). The van der Waals surface area contributed by atoms with Gasteiger partial charge in [0.05, 0.1) is 0 Å². The molecule has 1 aromatic carbocycles. The van der Waals surface area contributed by atoms with Crippen LogP contribution in [0.5, 0.6) is 0 Å². The van der Waals surface area contributed by atoms with Crippen LogP contribution in [0.1, 0.15) is 36.5 Å². The number of hydrogen-bond donors (Lipinski definition) is 1. The molecule has 0 bridgehead atoms. The highest BCUT2D eigenvalue weighted by Crippen LogP contribution is 2.12. The van der Waals surface area contributed by atoms with Crippen molar-refractivity contribution in [3.8, 4) is 0 Å². The van der Waals surface area contributed by atoms with Gasteiger partial charge >= 0.3 is 0 Å². The molecule has 0 fully saturated rings. The molecule has 0 aliphatic heterocycles. The largest absolute Gasteiger partial charge is 0.385 e. The molecule has 0 saturated carbocycles. The van der Waals surface area contributed by atoms with Crippen molar-refractivity contribution in [2.24, 2.45) is 0 Å². The van der Waals surface area contributed by atoms with Gasteiger partial charge in [-0.2, -0.15) is 0 Å². The Morgan fingerprint density at radius 3 is 2.69 bits per heavy atom. The van der Waals surface area contributed by atoms with Gasteiger partial charge in [-0.25, -0.2) is 0 Å². The monoisotopic (exact) mass is 177 g/mol. The van der Waals surface area contributed by atoms with Crippen LogP contribution in [-0.2, 0) is 6.42 Å². The Balaban J connectivity index is 2.76. The molecule has 0 amide bonds. The van der Waals surface area contributed by atoms with Gasteiger partial charge < -0.3 is 5.11 Å². The van der Waals surface area contributed by atoms with Crippen molar-refractivity contribution in [3.63, 3.8) is 0 Å². The van der Waals surface area contributed by atoms with E-state index >= 15 is 0 Å². The smallest absolute Gasteiger partial charge is 0.109 e. The summed E-state index contributed by atoms with van der Waals surface area (Å²) in [6.45, 7) is 5.42. The minimum Gasteiger partial charge on any atom is -0.385 e. The maximum Gasteiger partial charge on any atom is 0.109 e. The quantitative estimate of drug-likeness (QED) is 0.748. The molecule has 71 valence electrons. The molecule has 0 saturated heterocycles. The van der Waals surface area contributed by atoms with Crippen LogP contribution < -0.4 is 0 Å². The molecule has 0 aliphatic rings. The van der Waals surface area contributed by atoms with Crippen LogP contribution in [0.25, 0.3) is 0 Å². The average Bonchev–Trinajstić information content (AvgIpc) is 2.14. The van der Waals surface area contributed by atoms with E-state index in [1.807, 2.05) is 12.1 Å². The summed E-state index contributed by atoms with van der Waals surface area (Å²) in [6, 6.07) is 6.21. The first-order valence-corrected chi connectivity index (χ1v) is 4.84. The zero-order valence-corrected chi connectivity index (χ0v) is 8.38. The second-order valence-corrected chi connectivity index (χ2v) is 3.48. The van der Waals surface area contributed by atoms with E-state index in [0.717, 1.165) is 12.0 Å². The van der Waals surface area contributed by atoms with E-state index in [1.165, 1.54) is 30.6 Å². The Morgan fingerprint density at radius 2 is 2.08 bits per heavy atom. The first-order chi connectivity index (χ1) is 6.26. The summed E-state index contributed by atoms with van der Waals surface area (Å²) >= 11 is 0. The van der Waals surface area contributed by atoms with Crippen molar-refractivity contribution in [1.82, 2.24) is 0 Å². The van der Waals surface area contributed by atoms with E-state index in [-0.39, 0.29) is 0 Å². The molecular weight excluding hydrogens is 160 g/mol. The zero-order chi connectivity index (χ0) is 9.68. The molecule has 0 aliphatic carbocycles. The van der Waals surface area contributed by atoms with Gasteiger partial charge in [-0.1, -0.05) is 37.1 Å². The molecule has 0 spiro atoms. The molecular formula is C12H17O. The first-order valence-electron chi connectivity index (χ1n) is 4.84. The van der Waals surface area contributed by atoms with Crippen molar-refractivity contribution in [2.45, 2.75) is 33.1 Å². The third-order valence-corrected chi connectivity index (χ3v) is 2.13. The van der Waals surface area contributed by atoms with E-state index < -0.39 is 0 Å². The van der Waals surface area contributed by atoms with E-state index in [0.29, 0.717) is 0 Å². The molecule has 1 nitrogen and oxygen atoms in total. The van der Waals surface area contributed by atoms with Crippen molar-refractivity contribution >= 4 is 0 Å². The van der Waals surface area contributed by atoms with Gasteiger partial charge in [-0.3, -0.25) is 0 Å². The minimum atomic E-state index is 0.908. The summed E-state index contributed by atoms with van der Waals surface area (Å²) in [4.78, 5) is 0. The maximum atomic E-state index is 8.89. The van der Waals surface area contributed by atoms with Gasteiger partial charge in [0, 0.05) is 0 Å². The van der Waals surface area contributed by atoms with Crippen LogP contribution in [-0.4, -0.2) is 5.11 Å². The van der Waals surface area contributed by atoms with Gasteiger partial charge in [0.25, 0.3) is 0 Å². The standard InChI is InChI=1S/C12H17O/c1-3-4-5-11-6-10(2)7-12(8-11)9-13/h6-9,13H,3-5H2,1-2H3. The van der Waals surface area contributed by atoms with E-state index in [2.05, 4.69) is 19.9 Å². The van der Waals surface area contributed by atoms with Gasteiger partial charge in [-0.15, -0.1) is 0 Å². The Kier molecular flexibility index (Phi) is 3.97. The van der Waals surface area contributed by atoms with Crippen molar-refractivity contribution in [3.05, 3.63) is 41.5 Å². The summed E-state index contributed by atoms with van der Waals surface area (Å²) in [7, 11) is 0. The summed E-state index contributed by atoms with van der Waals surface area (Å²) in [5, 5.41) is 8.89. The van der Waals surface area contributed by atoms with E-state index in [1.54, 1.807) is 0 Å². The Labute approximate surface area is 80.4 Å². The molecule has 1 radical (unpaired) electrons. The highest BCUT2D eigenvalue weighted by Gasteiger charge is 1.97. The van der Waals surface area contributed by atoms with Crippen LogP contribution in [0.3, 0.4) is 0 Å². The molecule has 0 heterocycles. The predicted molar refractivity (Wildman–Crippen MR) is 55.1 cm³/mol. The van der Waals surface area contributed by atoms with Crippen LogP contribution in [0.4, 0.5) is 0 Å². The summed E-state index contributed by atoms with van der Waals surface area (Å²) in [6.07, 6.45) is 3.54. The fourth-order valence-electron chi connectivity index (χ4n) is 1.49. The number of hydrogen-bond acceptors (Lipinski definition) is 1. The highest BCUT2D eigenvalue weighted by atomic mass is 16.3. The second-order valence-electron chi connectivity index (χ2n) is 3.48. The Hall–Kier alpha value is -0.820. The maximum absolute atomic E-state index is 8.89. The van der Waals surface area contributed by atoms with Crippen molar-refractivity contribution in [2.75, 3.05) is 0 Å². The third kappa shape index (κ3) is 3.19. The topological polar surface area (TPSA) is 20.2 Å². The number of aryl methyl sites for hydroxylation is 2. The molecule has 0 atom stereocenters. The average molecular weight is 177 g/mol. The van der Waals surface area contributed by atoms with E-state index in [9.17, 15) is 0 Å². The number of rotatable bonds is 4.